The summed E-state index contributed by atoms with van der Waals surface area (Å²) in [5.74, 6) is 1.06. The van der Waals surface area contributed by atoms with Crippen LogP contribution >= 0.6 is 0 Å². The number of aryl methyl sites for hydroxylation is 1. The summed E-state index contributed by atoms with van der Waals surface area (Å²) in [6.07, 6.45) is 7.38. The zero-order valence-corrected chi connectivity index (χ0v) is 18.2. The van der Waals surface area contributed by atoms with Gasteiger partial charge in [0, 0.05) is 38.2 Å². The van der Waals surface area contributed by atoms with E-state index in [1.165, 1.54) is 18.4 Å². The van der Waals surface area contributed by atoms with Gasteiger partial charge in [-0.3, -0.25) is 9.59 Å². The Hall–Kier alpha value is -2.82. The lowest BCUT2D eigenvalue weighted by Crippen LogP contribution is -2.50. The summed E-state index contributed by atoms with van der Waals surface area (Å²) in [4.78, 5) is 29.1. The molecule has 0 unspecified atom stereocenters. The first-order valence-electron chi connectivity index (χ1n) is 11.6. The number of hydrogen-bond donors (Lipinski definition) is 0. The van der Waals surface area contributed by atoms with Crippen LogP contribution in [0.3, 0.4) is 0 Å². The molecule has 2 fully saturated rings. The van der Waals surface area contributed by atoms with Gasteiger partial charge in [0.2, 0.25) is 5.91 Å². The van der Waals surface area contributed by atoms with Gasteiger partial charge in [0.05, 0.1) is 6.10 Å². The summed E-state index contributed by atoms with van der Waals surface area (Å²) < 4.78 is 5.99. The lowest BCUT2D eigenvalue weighted by atomic mass is 10.1. The van der Waals surface area contributed by atoms with Gasteiger partial charge >= 0.3 is 0 Å². The minimum atomic E-state index is 0.0311. The first kappa shape index (κ1) is 21.4. The molecule has 4 rings (SSSR count). The summed E-state index contributed by atoms with van der Waals surface area (Å²) in [5.41, 5.74) is 1.95. The Morgan fingerprint density at radius 1 is 0.839 bits per heavy atom. The van der Waals surface area contributed by atoms with E-state index in [4.69, 9.17) is 4.74 Å². The Labute approximate surface area is 185 Å². The van der Waals surface area contributed by atoms with E-state index in [0.717, 1.165) is 31.4 Å². The fourth-order valence-electron chi connectivity index (χ4n) is 4.46. The molecule has 5 heteroatoms. The SMILES string of the molecule is O=C(CCCc1ccccc1)N1CCN(C(=O)c2ccc(OC3CCCC3)cc2)CC1. The van der Waals surface area contributed by atoms with Gasteiger partial charge in [-0.25, -0.2) is 0 Å². The van der Waals surface area contributed by atoms with Gasteiger partial charge in [0.15, 0.2) is 0 Å². The highest BCUT2D eigenvalue weighted by Crippen LogP contribution is 2.24. The average molecular weight is 421 g/mol. The zero-order chi connectivity index (χ0) is 21.5. The van der Waals surface area contributed by atoms with Crippen LogP contribution in [0.4, 0.5) is 0 Å². The van der Waals surface area contributed by atoms with Crippen LogP contribution in [-0.2, 0) is 11.2 Å². The molecule has 31 heavy (non-hydrogen) atoms. The highest BCUT2D eigenvalue weighted by Gasteiger charge is 2.25. The first-order chi connectivity index (χ1) is 15.2. The smallest absolute Gasteiger partial charge is 0.253 e. The fourth-order valence-corrected chi connectivity index (χ4v) is 4.46. The van der Waals surface area contributed by atoms with Crippen LogP contribution in [0.2, 0.25) is 0 Å². The quantitative estimate of drug-likeness (QED) is 0.670. The third-order valence-electron chi connectivity index (χ3n) is 6.32. The Kier molecular flexibility index (Phi) is 7.23. The van der Waals surface area contributed by atoms with Crippen molar-refractivity contribution in [1.29, 1.82) is 0 Å². The molecule has 5 nitrogen and oxygen atoms in total. The maximum atomic E-state index is 12.8. The minimum absolute atomic E-state index is 0.0311. The van der Waals surface area contributed by atoms with Crippen LogP contribution in [0.1, 0.15) is 54.4 Å². The molecule has 164 valence electrons. The van der Waals surface area contributed by atoms with E-state index < -0.39 is 0 Å². The molecule has 1 aliphatic carbocycles. The molecule has 2 amide bonds. The summed E-state index contributed by atoms with van der Waals surface area (Å²) in [7, 11) is 0. The molecule has 1 saturated carbocycles. The minimum Gasteiger partial charge on any atom is -0.490 e. The number of carbonyl (C=O) groups excluding carboxylic acids is 2. The van der Waals surface area contributed by atoms with Crippen LogP contribution < -0.4 is 4.74 Å². The van der Waals surface area contributed by atoms with Crippen LogP contribution in [0, 0.1) is 0 Å². The third kappa shape index (κ3) is 5.87. The number of benzene rings is 2. The van der Waals surface area contributed by atoms with Gasteiger partial charge in [-0.2, -0.15) is 0 Å². The molecule has 0 aromatic heterocycles. The number of hydrogen-bond acceptors (Lipinski definition) is 3. The lowest BCUT2D eigenvalue weighted by Gasteiger charge is -2.35. The van der Waals surface area contributed by atoms with Gasteiger partial charge in [0.1, 0.15) is 5.75 Å². The number of nitrogens with zero attached hydrogens (tertiary/aromatic N) is 2. The van der Waals surface area contributed by atoms with Gasteiger partial charge in [0.25, 0.3) is 5.91 Å². The summed E-state index contributed by atoms with van der Waals surface area (Å²) in [6, 6.07) is 17.8. The van der Waals surface area contributed by atoms with Crippen LogP contribution in [0.5, 0.6) is 5.75 Å². The van der Waals surface area contributed by atoms with E-state index in [0.29, 0.717) is 44.3 Å². The van der Waals surface area contributed by atoms with E-state index in [-0.39, 0.29) is 11.8 Å². The Morgan fingerprint density at radius 2 is 1.48 bits per heavy atom. The Morgan fingerprint density at radius 3 is 2.16 bits per heavy atom. The van der Waals surface area contributed by atoms with Gasteiger partial charge in [-0.05, 0) is 68.4 Å². The Bertz CT molecular complexity index is 852. The van der Waals surface area contributed by atoms with Crippen molar-refractivity contribution in [3.8, 4) is 5.75 Å². The van der Waals surface area contributed by atoms with Crippen molar-refractivity contribution in [2.75, 3.05) is 26.2 Å². The summed E-state index contributed by atoms with van der Waals surface area (Å²) in [5, 5.41) is 0. The molecule has 1 aliphatic heterocycles. The molecular formula is C26H32N2O3. The molecule has 1 heterocycles. The molecule has 2 aliphatic rings. The lowest BCUT2D eigenvalue weighted by molar-refractivity contribution is -0.132. The van der Waals surface area contributed by atoms with Crippen molar-refractivity contribution >= 4 is 11.8 Å². The van der Waals surface area contributed by atoms with Crippen molar-refractivity contribution in [2.24, 2.45) is 0 Å². The molecule has 2 aromatic carbocycles. The fraction of sp³-hybridized carbons (Fsp3) is 0.462. The number of carbonyl (C=O) groups is 2. The summed E-state index contributed by atoms with van der Waals surface area (Å²) >= 11 is 0. The number of ether oxygens (including phenoxy) is 1. The number of piperazine rings is 1. The standard InChI is InChI=1S/C26H32N2O3/c29-25(12-6-9-21-7-2-1-3-8-21)27-17-19-28(20-18-27)26(30)22-13-15-24(16-14-22)31-23-10-4-5-11-23/h1-3,7-8,13-16,23H,4-6,9-12,17-20H2. The number of rotatable bonds is 7. The van der Waals surface area contributed by atoms with E-state index in [1.807, 2.05) is 52.3 Å². The zero-order valence-electron chi connectivity index (χ0n) is 18.2. The van der Waals surface area contributed by atoms with Crippen molar-refractivity contribution in [3.63, 3.8) is 0 Å². The molecule has 2 aromatic rings. The van der Waals surface area contributed by atoms with E-state index in [1.54, 1.807) is 0 Å². The molecule has 0 spiro atoms. The summed E-state index contributed by atoms with van der Waals surface area (Å²) in [6.45, 7) is 2.39. The maximum Gasteiger partial charge on any atom is 0.253 e. The van der Waals surface area contributed by atoms with Crippen molar-refractivity contribution in [2.45, 2.75) is 51.0 Å². The topological polar surface area (TPSA) is 49.9 Å². The van der Waals surface area contributed by atoms with Crippen LogP contribution in [0.15, 0.2) is 54.6 Å². The first-order valence-corrected chi connectivity index (χ1v) is 11.6. The monoisotopic (exact) mass is 420 g/mol. The highest BCUT2D eigenvalue weighted by molar-refractivity contribution is 5.94. The van der Waals surface area contributed by atoms with E-state index in [9.17, 15) is 9.59 Å². The second-order valence-electron chi connectivity index (χ2n) is 8.56. The normalized spacial score (nSPS) is 17.0. The molecule has 0 bridgehead atoms. The molecule has 0 atom stereocenters. The van der Waals surface area contributed by atoms with Crippen molar-refractivity contribution in [1.82, 2.24) is 9.80 Å². The molecular weight excluding hydrogens is 388 g/mol. The largest absolute Gasteiger partial charge is 0.490 e. The van der Waals surface area contributed by atoms with Crippen molar-refractivity contribution < 1.29 is 14.3 Å². The number of amides is 2. The predicted molar refractivity (Wildman–Crippen MR) is 121 cm³/mol. The second-order valence-corrected chi connectivity index (χ2v) is 8.56. The average Bonchev–Trinajstić information content (AvgIpc) is 3.33. The molecule has 0 N–H and O–H groups in total. The van der Waals surface area contributed by atoms with Gasteiger partial charge < -0.3 is 14.5 Å². The Balaban J connectivity index is 1.20. The second kappa shape index (κ2) is 10.5. The molecule has 0 radical (unpaired) electrons. The maximum absolute atomic E-state index is 12.8. The third-order valence-corrected chi connectivity index (χ3v) is 6.32. The van der Waals surface area contributed by atoms with E-state index in [2.05, 4.69) is 12.1 Å². The van der Waals surface area contributed by atoms with Crippen LogP contribution in [-0.4, -0.2) is 53.9 Å². The van der Waals surface area contributed by atoms with Crippen molar-refractivity contribution in [3.05, 3.63) is 65.7 Å². The van der Waals surface area contributed by atoms with Crippen LogP contribution in [0.25, 0.3) is 0 Å². The molecule has 1 saturated heterocycles. The van der Waals surface area contributed by atoms with Gasteiger partial charge in [-0.15, -0.1) is 0 Å². The highest BCUT2D eigenvalue weighted by atomic mass is 16.5. The van der Waals surface area contributed by atoms with Gasteiger partial charge in [-0.1, -0.05) is 30.3 Å². The predicted octanol–water partition coefficient (Wildman–Crippen LogP) is 4.32. The van der Waals surface area contributed by atoms with E-state index >= 15 is 0 Å².